The largest absolute Gasteiger partial charge is 0.507 e. The lowest BCUT2D eigenvalue weighted by Crippen LogP contribution is -2.18. The second-order valence-corrected chi connectivity index (χ2v) is 7.49. The second-order valence-electron chi connectivity index (χ2n) is 7.49. The minimum Gasteiger partial charge on any atom is -0.507 e. The van der Waals surface area contributed by atoms with Crippen molar-refractivity contribution >= 4 is 17.5 Å². The van der Waals surface area contributed by atoms with Gasteiger partial charge in [-0.15, -0.1) is 0 Å². The van der Waals surface area contributed by atoms with Gasteiger partial charge in [0.15, 0.2) is 5.82 Å². The van der Waals surface area contributed by atoms with Crippen molar-refractivity contribution in [1.82, 2.24) is 9.97 Å². The molecular formula is C22H22N4O5. The number of nitrogens with one attached hydrogen (secondary N) is 1. The molecule has 1 fully saturated rings. The van der Waals surface area contributed by atoms with E-state index in [9.17, 15) is 14.7 Å². The van der Waals surface area contributed by atoms with Crippen LogP contribution in [-0.4, -0.2) is 32.3 Å². The van der Waals surface area contributed by atoms with Gasteiger partial charge in [-0.1, -0.05) is 12.1 Å². The average molecular weight is 422 g/mol. The maximum atomic E-state index is 12.1. The summed E-state index contributed by atoms with van der Waals surface area (Å²) in [5.74, 6) is -0.868. The number of phenols is 1. The Labute approximate surface area is 177 Å². The highest BCUT2D eigenvalue weighted by molar-refractivity contribution is 5.92. The highest BCUT2D eigenvalue weighted by atomic mass is 16.5. The number of hydrogen-bond acceptors (Lipinski definition) is 7. The van der Waals surface area contributed by atoms with Gasteiger partial charge in [0, 0.05) is 0 Å². The van der Waals surface area contributed by atoms with E-state index in [0.717, 1.165) is 25.7 Å². The van der Waals surface area contributed by atoms with Gasteiger partial charge in [0.05, 0.1) is 11.7 Å². The number of aromatic hydroxyl groups is 1. The number of aromatic carboxylic acids is 1. The first-order chi connectivity index (χ1) is 14.8. The fourth-order valence-electron chi connectivity index (χ4n) is 3.70. The van der Waals surface area contributed by atoms with Crippen LogP contribution >= 0.6 is 0 Å². The molecule has 2 aromatic carbocycles. The van der Waals surface area contributed by atoms with Gasteiger partial charge in [-0.3, -0.25) is 4.79 Å². The number of nitrogens with two attached hydrogens (primary N) is 2. The summed E-state index contributed by atoms with van der Waals surface area (Å²) >= 11 is 0. The van der Waals surface area contributed by atoms with Crippen LogP contribution in [0.25, 0.3) is 22.5 Å². The third kappa shape index (κ3) is 4.02. The lowest BCUT2D eigenvalue weighted by atomic mass is 10.0. The number of benzene rings is 2. The van der Waals surface area contributed by atoms with Crippen molar-refractivity contribution in [1.29, 1.82) is 0 Å². The monoisotopic (exact) mass is 422 g/mol. The number of H-pyrrole nitrogens is 1. The minimum atomic E-state index is -1.21. The van der Waals surface area contributed by atoms with Gasteiger partial charge in [0.1, 0.15) is 28.6 Å². The number of hydrogen-bond donors (Lipinski definition) is 5. The number of rotatable bonds is 5. The summed E-state index contributed by atoms with van der Waals surface area (Å²) in [5, 5.41) is 19.2. The topological polar surface area (TPSA) is 165 Å². The van der Waals surface area contributed by atoms with Crippen molar-refractivity contribution < 1.29 is 19.7 Å². The summed E-state index contributed by atoms with van der Waals surface area (Å²) in [7, 11) is 0. The number of carbonyl (C=O) groups is 1. The van der Waals surface area contributed by atoms with Crippen molar-refractivity contribution in [3.05, 3.63) is 52.3 Å². The third-order valence-electron chi connectivity index (χ3n) is 5.38. The van der Waals surface area contributed by atoms with Gasteiger partial charge in [-0.25, -0.2) is 9.78 Å². The normalized spacial score (nSPS) is 13.9. The second kappa shape index (κ2) is 8.02. The van der Waals surface area contributed by atoms with E-state index in [1.54, 1.807) is 24.3 Å². The molecule has 9 heteroatoms. The first-order valence-corrected chi connectivity index (χ1v) is 9.86. The molecule has 31 heavy (non-hydrogen) atoms. The molecule has 0 amide bonds. The zero-order valence-electron chi connectivity index (χ0n) is 16.6. The Hall–Kier alpha value is -4.01. The molecule has 0 unspecified atom stereocenters. The highest BCUT2D eigenvalue weighted by Gasteiger charge is 2.21. The van der Waals surface area contributed by atoms with Crippen LogP contribution in [0.3, 0.4) is 0 Å². The summed E-state index contributed by atoms with van der Waals surface area (Å²) in [6.45, 7) is 0. The molecule has 9 nitrogen and oxygen atoms in total. The fraction of sp³-hybridized carbons (Fsp3) is 0.227. The van der Waals surface area contributed by atoms with Crippen molar-refractivity contribution in [2.24, 2.45) is 0 Å². The van der Waals surface area contributed by atoms with Crippen LogP contribution in [0.5, 0.6) is 11.5 Å². The van der Waals surface area contributed by atoms with Crippen LogP contribution in [0, 0.1) is 0 Å². The fourth-order valence-corrected chi connectivity index (χ4v) is 3.70. The third-order valence-corrected chi connectivity index (χ3v) is 5.38. The number of aromatic nitrogens is 2. The molecule has 1 heterocycles. The van der Waals surface area contributed by atoms with Gasteiger partial charge in [-0.2, -0.15) is 0 Å². The summed E-state index contributed by atoms with van der Waals surface area (Å²) in [4.78, 5) is 30.1. The molecular weight excluding hydrogens is 400 g/mol. The predicted molar refractivity (Wildman–Crippen MR) is 116 cm³/mol. The van der Waals surface area contributed by atoms with Crippen LogP contribution in [0.1, 0.15) is 36.0 Å². The van der Waals surface area contributed by atoms with E-state index in [1.165, 1.54) is 12.1 Å². The van der Waals surface area contributed by atoms with Crippen molar-refractivity contribution in [3.8, 4) is 34.0 Å². The van der Waals surface area contributed by atoms with Crippen LogP contribution in [0.15, 0.2) is 41.2 Å². The molecule has 4 rings (SSSR count). The molecule has 1 aliphatic carbocycles. The zero-order chi connectivity index (χ0) is 22.1. The van der Waals surface area contributed by atoms with Crippen molar-refractivity contribution in [2.75, 3.05) is 11.5 Å². The standard InChI is InChI=1S/C22H22N4O5/c23-18-19(24)25-20(26-21(18)28)15-8-6-12(10-17(15)31-13-3-1-2-4-13)11-5-7-14(22(29)30)16(27)9-11/h5-10,13,27H,1-4,23H2,(H,29,30)(H3,24,25,26,28). The Morgan fingerprint density at radius 3 is 2.42 bits per heavy atom. The Morgan fingerprint density at radius 1 is 1.10 bits per heavy atom. The molecule has 7 N–H and O–H groups in total. The highest BCUT2D eigenvalue weighted by Crippen LogP contribution is 2.36. The van der Waals surface area contributed by atoms with E-state index in [-0.39, 0.29) is 34.7 Å². The molecule has 0 atom stereocenters. The Bertz CT molecular complexity index is 1220. The number of nitrogens with zero attached hydrogens (tertiary/aromatic N) is 1. The maximum absolute atomic E-state index is 12.1. The van der Waals surface area contributed by atoms with E-state index in [4.69, 9.17) is 21.3 Å². The molecule has 160 valence electrons. The lowest BCUT2D eigenvalue weighted by Gasteiger charge is -2.18. The summed E-state index contributed by atoms with van der Waals surface area (Å²) in [6.07, 6.45) is 4.04. The zero-order valence-corrected chi connectivity index (χ0v) is 16.6. The van der Waals surface area contributed by atoms with Gasteiger partial charge in [0.25, 0.3) is 5.56 Å². The maximum Gasteiger partial charge on any atom is 0.339 e. The first-order valence-electron chi connectivity index (χ1n) is 9.86. The average Bonchev–Trinajstić information content (AvgIpc) is 3.24. The van der Waals surface area contributed by atoms with Crippen LogP contribution in [0.4, 0.5) is 11.5 Å². The number of ether oxygens (including phenoxy) is 1. The molecule has 0 spiro atoms. The SMILES string of the molecule is Nc1nc(-c2ccc(-c3ccc(C(=O)O)c(O)c3)cc2OC2CCCC2)[nH]c(=O)c1N. The molecule has 0 bridgehead atoms. The summed E-state index contributed by atoms with van der Waals surface area (Å²) in [6, 6.07) is 9.61. The number of aromatic amines is 1. The summed E-state index contributed by atoms with van der Waals surface area (Å²) in [5.41, 5.74) is 12.4. The number of anilines is 2. The molecule has 0 radical (unpaired) electrons. The number of carboxylic acid groups (broad SMARTS) is 1. The quantitative estimate of drug-likeness (QED) is 0.418. The van der Waals surface area contributed by atoms with Crippen LogP contribution in [0.2, 0.25) is 0 Å². The molecule has 0 aliphatic heterocycles. The smallest absolute Gasteiger partial charge is 0.339 e. The Balaban J connectivity index is 1.80. The first kappa shape index (κ1) is 20.3. The van der Waals surface area contributed by atoms with E-state index in [1.807, 2.05) is 0 Å². The van der Waals surface area contributed by atoms with E-state index < -0.39 is 11.5 Å². The molecule has 1 saturated carbocycles. The molecule has 0 saturated heterocycles. The lowest BCUT2D eigenvalue weighted by molar-refractivity contribution is 0.0693. The van der Waals surface area contributed by atoms with Gasteiger partial charge in [0.2, 0.25) is 0 Å². The molecule has 1 aromatic heterocycles. The Kier molecular flexibility index (Phi) is 5.24. The summed E-state index contributed by atoms with van der Waals surface area (Å²) < 4.78 is 6.23. The number of nitrogen functional groups attached to an aromatic ring is 2. The van der Waals surface area contributed by atoms with Gasteiger partial charge < -0.3 is 31.4 Å². The van der Waals surface area contributed by atoms with E-state index in [2.05, 4.69) is 9.97 Å². The van der Waals surface area contributed by atoms with E-state index in [0.29, 0.717) is 22.4 Å². The van der Waals surface area contributed by atoms with Crippen molar-refractivity contribution in [2.45, 2.75) is 31.8 Å². The van der Waals surface area contributed by atoms with Gasteiger partial charge >= 0.3 is 5.97 Å². The predicted octanol–water partition coefficient (Wildman–Crippen LogP) is 2.99. The van der Waals surface area contributed by atoms with E-state index >= 15 is 0 Å². The Morgan fingerprint density at radius 2 is 1.77 bits per heavy atom. The minimum absolute atomic E-state index is 0.0367. The van der Waals surface area contributed by atoms with Crippen molar-refractivity contribution in [3.63, 3.8) is 0 Å². The molecule has 3 aromatic rings. The van der Waals surface area contributed by atoms with Gasteiger partial charge in [-0.05, 0) is 61.1 Å². The molecule has 1 aliphatic rings. The number of carboxylic acids is 1. The van der Waals surface area contributed by atoms with Crippen LogP contribution in [-0.2, 0) is 0 Å². The van der Waals surface area contributed by atoms with Crippen LogP contribution < -0.4 is 21.8 Å².